The molecule has 0 aromatic heterocycles. The van der Waals surface area contributed by atoms with Crippen LogP contribution in [-0.2, 0) is 0 Å². The van der Waals surface area contributed by atoms with Gasteiger partial charge >= 0.3 is 6.03 Å². The first-order valence-corrected chi connectivity index (χ1v) is 8.04. The number of nitrogens with zero attached hydrogens (tertiary/aromatic N) is 1. The molecule has 0 bridgehead atoms. The molecule has 1 N–H and O–H groups in total. The molecule has 0 atom stereocenters. The van der Waals surface area contributed by atoms with E-state index in [2.05, 4.69) is 12.2 Å². The Morgan fingerprint density at radius 2 is 1.95 bits per heavy atom. The summed E-state index contributed by atoms with van der Waals surface area (Å²) in [5.41, 5.74) is 0.805. The summed E-state index contributed by atoms with van der Waals surface area (Å²) in [6.45, 7) is 7.86. The van der Waals surface area contributed by atoms with Gasteiger partial charge in [0.2, 0.25) is 0 Å². The molecule has 0 aliphatic heterocycles. The Balaban J connectivity index is 2.89. The van der Waals surface area contributed by atoms with E-state index in [1.807, 2.05) is 32.0 Å². The highest BCUT2D eigenvalue weighted by Gasteiger charge is 2.15. The van der Waals surface area contributed by atoms with E-state index >= 15 is 0 Å². The van der Waals surface area contributed by atoms with Crippen LogP contribution < -0.4 is 19.7 Å². The number of benzene rings is 1. The molecule has 0 saturated carbocycles. The standard InChI is InChI=1S/C17H28N2O3/c1-5-8-9-12-22-16-13-14(10-11-15(16)21-4)19(7-3)17(20)18-6-2/h10-11,13H,5-9,12H2,1-4H3,(H,18,20). The summed E-state index contributed by atoms with van der Waals surface area (Å²) in [7, 11) is 1.62. The van der Waals surface area contributed by atoms with E-state index in [0.29, 0.717) is 31.2 Å². The SMILES string of the molecule is CCCCCOc1cc(N(CC)C(=O)NCC)ccc1OC. The van der Waals surface area contributed by atoms with Gasteiger partial charge in [-0.25, -0.2) is 4.79 Å². The topological polar surface area (TPSA) is 50.8 Å². The molecule has 5 heteroatoms. The van der Waals surface area contributed by atoms with Crippen molar-refractivity contribution in [3.63, 3.8) is 0 Å². The summed E-state index contributed by atoms with van der Waals surface area (Å²) in [4.78, 5) is 13.8. The molecular weight excluding hydrogens is 280 g/mol. The maximum absolute atomic E-state index is 12.1. The lowest BCUT2D eigenvalue weighted by molar-refractivity contribution is 0.247. The Labute approximate surface area is 133 Å². The lowest BCUT2D eigenvalue weighted by atomic mass is 10.2. The maximum atomic E-state index is 12.1. The average Bonchev–Trinajstić information content (AvgIpc) is 2.53. The van der Waals surface area contributed by atoms with Crippen molar-refractivity contribution in [2.45, 2.75) is 40.0 Å². The molecular formula is C17H28N2O3. The van der Waals surface area contributed by atoms with Crippen LogP contribution in [0.2, 0.25) is 0 Å². The minimum Gasteiger partial charge on any atom is -0.493 e. The van der Waals surface area contributed by atoms with Gasteiger partial charge in [0, 0.05) is 24.8 Å². The Kier molecular flexibility index (Phi) is 8.18. The van der Waals surface area contributed by atoms with E-state index < -0.39 is 0 Å². The van der Waals surface area contributed by atoms with E-state index in [4.69, 9.17) is 9.47 Å². The van der Waals surface area contributed by atoms with Crippen molar-refractivity contribution in [3.8, 4) is 11.5 Å². The molecule has 2 amide bonds. The van der Waals surface area contributed by atoms with Gasteiger partial charge in [0.15, 0.2) is 11.5 Å². The number of hydrogen-bond donors (Lipinski definition) is 1. The zero-order chi connectivity index (χ0) is 16.4. The Bertz CT molecular complexity index is 463. The molecule has 0 aliphatic rings. The number of hydrogen-bond acceptors (Lipinski definition) is 3. The first kappa shape index (κ1) is 18.1. The molecule has 124 valence electrons. The Hall–Kier alpha value is -1.91. The third kappa shape index (κ3) is 5.13. The zero-order valence-electron chi connectivity index (χ0n) is 14.1. The third-order valence-electron chi connectivity index (χ3n) is 3.35. The number of carbonyl (C=O) groups is 1. The van der Waals surface area contributed by atoms with Crippen LogP contribution in [-0.4, -0.2) is 32.8 Å². The molecule has 0 fully saturated rings. The van der Waals surface area contributed by atoms with Gasteiger partial charge in [-0.3, -0.25) is 4.90 Å². The van der Waals surface area contributed by atoms with Crippen LogP contribution in [0.5, 0.6) is 11.5 Å². The van der Waals surface area contributed by atoms with Crippen LogP contribution >= 0.6 is 0 Å². The number of unbranched alkanes of at least 4 members (excludes halogenated alkanes) is 2. The number of rotatable bonds is 9. The summed E-state index contributed by atoms with van der Waals surface area (Å²) in [6.07, 6.45) is 3.31. The minimum absolute atomic E-state index is 0.105. The lowest BCUT2D eigenvalue weighted by Crippen LogP contribution is -2.39. The molecule has 0 radical (unpaired) electrons. The normalized spacial score (nSPS) is 10.2. The largest absolute Gasteiger partial charge is 0.493 e. The number of amides is 2. The molecule has 0 saturated heterocycles. The fourth-order valence-corrected chi connectivity index (χ4v) is 2.17. The molecule has 1 aromatic rings. The van der Waals surface area contributed by atoms with Gasteiger partial charge in [0.25, 0.3) is 0 Å². The fraction of sp³-hybridized carbons (Fsp3) is 0.588. The summed E-state index contributed by atoms with van der Waals surface area (Å²) in [6, 6.07) is 5.47. The quantitative estimate of drug-likeness (QED) is 0.706. The molecule has 5 nitrogen and oxygen atoms in total. The molecule has 0 spiro atoms. The summed E-state index contributed by atoms with van der Waals surface area (Å²) in [5, 5.41) is 2.82. The van der Waals surface area contributed by atoms with Crippen molar-refractivity contribution in [2.24, 2.45) is 0 Å². The predicted octanol–water partition coefficient (Wildman–Crippen LogP) is 3.82. The van der Waals surface area contributed by atoms with Crippen molar-refractivity contribution < 1.29 is 14.3 Å². The number of carbonyl (C=O) groups excluding carboxylic acids is 1. The van der Waals surface area contributed by atoms with Crippen LogP contribution in [0.3, 0.4) is 0 Å². The van der Waals surface area contributed by atoms with Gasteiger partial charge < -0.3 is 14.8 Å². The van der Waals surface area contributed by atoms with Crippen molar-refractivity contribution in [1.29, 1.82) is 0 Å². The van der Waals surface area contributed by atoms with Crippen molar-refractivity contribution in [1.82, 2.24) is 5.32 Å². The van der Waals surface area contributed by atoms with Gasteiger partial charge in [-0.2, -0.15) is 0 Å². The predicted molar refractivity (Wildman–Crippen MR) is 90.1 cm³/mol. The van der Waals surface area contributed by atoms with Crippen molar-refractivity contribution in [3.05, 3.63) is 18.2 Å². The molecule has 22 heavy (non-hydrogen) atoms. The molecule has 0 unspecified atom stereocenters. The van der Waals surface area contributed by atoms with Gasteiger partial charge in [-0.1, -0.05) is 19.8 Å². The fourth-order valence-electron chi connectivity index (χ4n) is 2.17. The van der Waals surface area contributed by atoms with Crippen LogP contribution in [0.15, 0.2) is 18.2 Å². The Morgan fingerprint density at radius 3 is 2.55 bits per heavy atom. The molecule has 1 rings (SSSR count). The highest BCUT2D eigenvalue weighted by atomic mass is 16.5. The second-order valence-corrected chi connectivity index (χ2v) is 4.97. The summed E-state index contributed by atoms with van der Waals surface area (Å²) in [5.74, 6) is 1.37. The number of nitrogens with one attached hydrogen (secondary N) is 1. The van der Waals surface area contributed by atoms with E-state index in [0.717, 1.165) is 24.9 Å². The summed E-state index contributed by atoms with van der Waals surface area (Å²) < 4.78 is 11.2. The first-order valence-electron chi connectivity index (χ1n) is 8.04. The van der Waals surface area contributed by atoms with Gasteiger partial charge in [-0.15, -0.1) is 0 Å². The van der Waals surface area contributed by atoms with E-state index in [-0.39, 0.29) is 6.03 Å². The van der Waals surface area contributed by atoms with Crippen LogP contribution in [0.25, 0.3) is 0 Å². The zero-order valence-corrected chi connectivity index (χ0v) is 14.1. The smallest absolute Gasteiger partial charge is 0.321 e. The number of urea groups is 1. The van der Waals surface area contributed by atoms with Crippen LogP contribution in [0, 0.1) is 0 Å². The second-order valence-electron chi connectivity index (χ2n) is 4.97. The van der Waals surface area contributed by atoms with Gasteiger partial charge in [-0.05, 0) is 32.4 Å². The lowest BCUT2D eigenvalue weighted by Gasteiger charge is -2.22. The van der Waals surface area contributed by atoms with E-state index in [1.54, 1.807) is 12.0 Å². The van der Waals surface area contributed by atoms with Gasteiger partial charge in [0.1, 0.15) is 0 Å². The minimum atomic E-state index is -0.105. The number of anilines is 1. The average molecular weight is 308 g/mol. The maximum Gasteiger partial charge on any atom is 0.321 e. The van der Waals surface area contributed by atoms with Crippen LogP contribution in [0.4, 0.5) is 10.5 Å². The molecule has 1 aromatic carbocycles. The summed E-state index contributed by atoms with van der Waals surface area (Å²) >= 11 is 0. The van der Waals surface area contributed by atoms with Crippen molar-refractivity contribution in [2.75, 3.05) is 31.7 Å². The highest BCUT2D eigenvalue weighted by molar-refractivity contribution is 5.92. The number of ether oxygens (including phenoxy) is 2. The molecule has 0 aliphatic carbocycles. The van der Waals surface area contributed by atoms with Gasteiger partial charge in [0.05, 0.1) is 13.7 Å². The third-order valence-corrected chi connectivity index (χ3v) is 3.35. The van der Waals surface area contributed by atoms with Crippen molar-refractivity contribution >= 4 is 11.7 Å². The van der Waals surface area contributed by atoms with E-state index in [9.17, 15) is 4.79 Å². The highest BCUT2D eigenvalue weighted by Crippen LogP contribution is 2.32. The number of methoxy groups -OCH3 is 1. The Morgan fingerprint density at radius 1 is 1.18 bits per heavy atom. The van der Waals surface area contributed by atoms with Crippen LogP contribution in [0.1, 0.15) is 40.0 Å². The molecule has 0 heterocycles. The van der Waals surface area contributed by atoms with E-state index in [1.165, 1.54) is 0 Å². The second kappa shape index (κ2) is 9.92. The first-order chi connectivity index (χ1) is 10.7. The monoisotopic (exact) mass is 308 g/mol.